The molecule has 0 radical (unpaired) electrons. The number of carboxylic acids is 1. The summed E-state index contributed by atoms with van der Waals surface area (Å²) in [5.41, 5.74) is 1.42. The molecule has 3 nitrogen and oxygen atoms in total. The first-order chi connectivity index (χ1) is 8.56. The molecule has 0 aliphatic carbocycles. The number of rotatable bonds is 3. The van der Waals surface area contributed by atoms with Crippen molar-refractivity contribution in [2.45, 2.75) is 6.42 Å². The van der Waals surface area contributed by atoms with Crippen LogP contribution in [0.1, 0.15) is 5.56 Å². The van der Waals surface area contributed by atoms with Gasteiger partial charge in [-0.1, -0.05) is 23.7 Å². The number of carbonyl (C=O) groups is 1. The molecular weight excluding hydrogens is 257 g/mol. The van der Waals surface area contributed by atoms with Gasteiger partial charge in [-0.2, -0.15) is 0 Å². The normalized spacial score (nSPS) is 10.3. The third-order valence-corrected chi connectivity index (χ3v) is 2.58. The van der Waals surface area contributed by atoms with Crippen molar-refractivity contribution in [2.75, 3.05) is 0 Å². The van der Waals surface area contributed by atoms with Gasteiger partial charge in [0.25, 0.3) is 0 Å². The number of aliphatic carboxylic acids is 1. The summed E-state index contributed by atoms with van der Waals surface area (Å²) in [5.74, 6) is -1.39. The van der Waals surface area contributed by atoms with Crippen LogP contribution in [0.25, 0.3) is 11.3 Å². The van der Waals surface area contributed by atoms with Gasteiger partial charge >= 0.3 is 5.97 Å². The molecule has 0 fully saturated rings. The molecule has 0 bridgehead atoms. The second-order valence-corrected chi connectivity index (χ2v) is 4.18. The number of nitrogens with zero attached hydrogens (tertiary/aromatic N) is 1. The Hall–Kier alpha value is -1.94. The first-order valence-electron chi connectivity index (χ1n) is 5.18. The third kappa shape index (κ3) is 2.84. The van der Waals surface area contributed by atoms with Crippen molar-refractivity contribution in [3.63, 3.8) is 0 Å². The molecule has 0 spiro atoms. The average Bonchev–Trinajstić information content (AvgIpc) is 2.28. The molecule has 0 saturated carbocycles. The molecule has 0 aliphatic rings. The SMILES string of the molecule is O=C(O)Cc1cc(Cl)cnc1-c1cccc(F)c1. The Bertz CT molecular complexity index is 601. The fraction of sp³-hybridized carbons (Fsp3) is 0.0769. The minimum Gasteiger partial charge on any atom is -0.481 e. The van der Waals surface area contributed by atoms with E-state index in [4.69, 9.17) is 16.7 Å². The molecule has 0 atom stereocenters. The van der Waals surface area contributed by atoms with Crippen LogP contribution in [0, 0.1) is 5.82 Å². The van der Waals surface area contributed by atoms with Crippen LogP contribution in [-0.4, -0.2) is 16.1 Å². The highest BCUT2D eigenvalue weighted by Crippen LogP contribution is 2.24. The van der Waals surface area contributed by atoms with E-state index in [9.17, 15) is 9.18 Å². The lowest BCUT2D eigenvalue weighted by molar-refractivity contribution is -0.136. The van der Waals surface area contributed by atoms with Gasteiger partial charge < -0.3 is 5.11 Å². The summed E-state index contributed by atoms with van der Waals surface area (Å²) >= 11 is 5.79. The molecule has 1 aromatic heterocycles. The zero-order chi connectivity index (χ0) is 13.1. The molecule has 0 aliphatic heterocycles. The fourth-order valence-electron chi connectivity index (χ4n) is 1.67. The smallest absolute Gasteiger partial charge is 0.307 e. The molecule has 1 N–H and O–H groups in total. The highest BCUT2D eigenvalue weighted by molar-refractivity contribution is 6.30. The first-order valence-corrected chi connectivity index (χ1v) is 5.56. The van der Waals surface area contributed by atoms with E-state index in [1.165, 1.54) is 24.4 Å². The molecule has 2 rings (SSSR count). The zero-order valence-corrected chi connectivity index (χ0v) is 9.99. The van der Waals surface area contributed by atoms with Crippen LogP contribution in [-0.2, 0) is 11.2 Å². The molecule has 0 saturated heterocycles. The van der Waals surface area contributed by atoms with Gasteiger partial charge in [0, 0.05) is 11.8 Å². The van der Waals surface area contributed by atoms with Gasteiger partial charge in [0.05, 0.1) is 17.1 Å². The Kier molecular flexibility index (Phi) is 3.58. The Morgan fingerprint density at radius 2 is 2.17 bits per heavy atom. The fourth-order valence-corrected chi connectivity index (χ4v) is 1.86. The van der Waals surface area contributed by atoms with Crippen molar-refractivity contribution in [3.8, 4) is 11.3 Å². The van der Waals surface area contributed by atoms with Gasteiger partial charge in [-0.05, 0) is 23.8 Å². The van der Waals surface area contributed by atoms with Crippen molar-refractivity contribution >= 4 is 17.6 Å². The lowest BCUT2D eigenvalue weighted by Crippen LogP contribution is -2.03. The highest BCUT2D eigenvalue weighted by Gasteiger charge is 2.11. The van der Waals surface area contributed by atoms with Gasteiger partial charge in [0.1, 0.15) is 5.82 Å². The Labute approximate surface area is 108 Å². The Morgan fingerprint density at radius 3 is 2.83 bits per heavy atom. The van der Waals surface area contributed by atoms with Crippen LogP contribution < -0.4 is 0 Å². The van der Waals surface area contributed by atoms with Gasteiger partial charge in [-0.15, -0.1) is 0 Å². The summed E-state index contributed by atoms with van der Waals surface area (Å²) in [4.78, 5) is 14.9. The number of hydrogen-bond donors (Lipinski definition) is 1. The summed E-state index contributed by atoms with van der Waals surface area (Å²) < 4.78 is 13.2. The van der Waals surface area contributed by atoms with E-state index in [0.29, 0.717) is 21.8 Å². The van der Waals surface area contributed by atoms with Gasteiger partial charge in [0.15, 0.2) is 0 Å². The maximum Gasteiger partial charge on any atom is 0.307 e. The molecule has 0 unspecified atom stereocenters. The number of aromatic nitrogens is 1. The van der Waals surface area contributed by atoms with Crippen LogP contribution in [0.4, 0.5) is 4.39 Å². The molecule has 1 aromatic carbocycles. The standard InChI is InChI=1S/C13H9ClFNO2/c14-10-4-9(6-12(17)18)13(16-7-10)8-2-1-3-11(15)5-8/h1-5,7H,6H2,(H,17,18). The topological polar surface area (TPSA) is 50.2 Å². The van der Waals surface area contributed by atoms with Crippen molar-refractivity contribution in [1.82, 2.24) is 4.98 Å². The summed E-state index contributed by atoms with van der Waals surface area (Å²) in [5, 5.41) is 9.19. The lowest BCUT2D eigenvalue weighted by Gasteiger charge is -2.07. The van der Waals surface area contributed by atoms with Gasteiger partial charge in [-0.3, -0.25) is 9.78 Å². The number of pyridine rings is 1. The van der Waals surface area contributed by atoms with Crippen LogP contribution in [0.3, 0.4) is 0 Å². The molecule has 2 aromatic rings. The quantitative estimate of drug-likeness (QED) is 0.927. The summed E-state index contributed by atoms with van der Waals surface area (Å²) in [6.07, 6.45) is 1.20. The predicted octanol–water partition coefficient (Wildman–Crippen LogP) is 3.17. The van der Waals surface area contributed by atoms with Crippen LogP contribution >= 0.6 is 11.6 Å². The van der Waals surface area contributed by atoms with Crippen LogP contribution in [0.15, 0.2) is 36.5 Å². The second-order valence-electron chi connectivity index (χ2n) is 3.74. The second kappa shape index (κ2) is 5.14. The van der Waals surface area contributed by atoms with Crippen LogP contribution in [0.5, 0.6) is 0 Å². The monoisotopic (exact) mass is 265 g/mol. The molecule has 1 heterocycles. The van der Waals surface area contributed by atoms with E-state index < -0.39 is 11.8 Å². The number of benzene rings is 1. The Morgan fingerprint density at radius 1 is 1.39 bits per heavy atom. The predicted molar refractivity (Wildman–Crippen MR) is 66.0 cm³/mol. The minimum absolute atomic E-state index is 0.209. The maximum atomic E-state index is 13.2. The third-order valence-electron chi connectivity index (χ3n) is 2.37. The number of hydrogen-bond acceptors (Lipinski definition) is 2. The van der Waals surface area contributed by atoms with Crippen molar-refractivity contribution in [2.24, 2.45) is 0 Å². The van der Waals surface area contributed by atoms with Crippen molar-refractivity contribution in [1.29, 1.82) is 0 Å². The minimum atomic E-state index is -0.989. The van der Waals surface area contributed by atoms with E-state index in [0.717, 1.165) is 0 Å². The summed E-state index contributed by atoms with van der Waals surface area (Å²) in [6.45, 7) is 0. The van der Waals surface area contributed by atoms with E-state index in [1.807, 2.05) is 0 Å². The molecule has 5 heteroatoms. The number of carboxylic acid groups (broad SMARTS) is 1. The van der Waals surface area contributed by atoms with E-state index in [1.54, 1.807) is 12.1 Å². The van der Waals surface area contributed by atoms with Crippen LogP contribution in [0.2, 0.25) is 5.02 Å². The largest absolute Gasteiger partial charge is 0.481 e. The molecular formula is C13H9ClFNO2. The van der Waals surface area contributed by atoms with E-state index in [-0.39, 0.29) is 6.42 Å². The van der Waals surface area contributed by atoms with Gasteiger partial charge in [0.2, 0.25) is 0 Å². The molecule has 0 amide bonds. The number of halogens is 2. The van der Waals surface area contributed by atoms with E-state index >= 15 is 0 Å². The van der Waals surface area contributed by atoms with Crippen molar-refractivity contribution < 1.29 is 14.3 Å². The maximum absolute atomic E-state index is 13.2. The molecule has 92 valence electrons. The Balaban J connectivity index is 2.52. The van der Waals surface area contributed by atoms with Gasteiger partial charge in [-0.25, -0.2) is 4.39 Å². The first kappa shape index (κ1) is 12.5. The zero-order valence-electron chi connectivity index (χ0n) is 9.23. The average molecular weight is 266 g/mol. The highest BCUT2D eigenvalue weighted by atomic mass is 35.5. The van der Waals surface area contributed by atoms with E-state index in [2.05, 4.69) is 4.98 Å². The summed E-state index contributed by atoms with van der Waals surface area (Å²) in [7, 11) is 0. The summed E-state index contributed by atoms with van der Waals surface area (Å²) in [6, 6.07) is 7.37. The molecule has 18 heavy (non-hydrogen) atoms. The lowest BCUT2D eigenvalue weighted by atomic mass is 10.0. The van der Waals surface area contributed by atoms with Crippen molar-refractivity contribution in [3.05, 3.63) is 52.9 Å².